The molecular formula is C26H34N2O6. The number of anilines is 1. The molecule has 4 saturated carbocycles. The lowest BCUT2D eigenvalue weighted by atomic mass is 9.49. The molecule has 4 bridgehead atoms. The number of amides is 2. The highest BCUT2D eigenvalue weighted by molar-refractivity contribution is 5.94. The number of unbranched alkanes of at least 4 members (excludes halogenated alkanes) is 1. The highest BCUT2D eigenvalue weighted by Gasteiger charge is 2.54. The largest absolute Gasteiger partial charge is 0.462 e. The Morgan fingerprint density at radius 2 is 1.56 bits per heavy atom. The van der Waals surface area contributed by atoms with Crippen LogP contribution in [0.5, 0.6) is 0 Å². The number of nitrogens with one attached hydrogen (secondary N) is 2. The van der Waals surface area contributed by atoms with Gasteiger partial charge in [0.15, 0.2) is 6.61 Å². The third-order valence-electron chi connectivity index (χ3n) is 7.41. The van der Waals surface area contributed by atoms with E-state index in [1.165, 1.54) is 19.3 Å². The molecule has 34 heavy (non-hydrogen) atoms. The van der Waals surface area contributed by atoms with Crippen LogP contribution in [0.25, 0.3) is 0 Å². The molecule has 1 aromatic rings. The fraction of sp³-hybridized carbons (Fsp3) is 0.615. The van der Waals surface area contributed by atoms with Crippen molar-refractivity contribution in [2.24, 2.45) is 23.2 Å². The summed E-state index contributed by atoms with van der Waals surface area (Å²) >= 11 is 0. The van der Waals surface area contributed by atoms with Crippen LogP contribution in [0.15, 0.2) is 24.3 Å². The highest BCUT2D eigenvalue weighted by atomic mass is 16.5. The Morgan fingerprint density at radius 1 is 0.941 bits per heavy atom. The Kier molecular flexibility index (Phi) is 7.54. The maximum atomic E-state index is 12.9. The van der Waals surface area contributed by atoms with Gasteiger partial charge in [0.1, 0.15) is 6.54 Å². The summed E-state index contributed by atoms with van der Waals surface area (Å²) in [5, 5.41) is 5.37. The molecule has 4 aliphatic rings. The maximum absolute atomic E-state index is 12.9. The average Bonchev–Trinajstić information content (AvgIpc) is 2.81. The van der Waals surface area contributed by atoms with E-state index < -0.39 is 24.5 Å². The number of hydrogen-bond donors (Lipinski definition) is 2. The first-order valence-electron chi connectivity index (χ1n) is 12.4. The van der Waals surface area contributed by atoms with Crippen LogP contribution in [-0.2, 0) is 23.9 Å². The molecule has 184 valence electrons. The zero-order chi connectivity index (χ0) is 24.1. The maximum Gasteiger partial charge on any atom is 0.338 e. The van der Waals surface area contributed by atoms with E-state index >= 15 is 0 Å². The molecule has 1 aromatic carbocycles. The van der Waals surface area contributed by atoms with Gasteiger partial charge in [0.2, 0.25) is 5.91 Å². The van der Waals surface area contributed by atoms with Crippen molar-refractivity contribution in [3.8, 4) is 0 Å². The van der Waals surface area contributed by atoms with Crippen LogP contribution in [0.2, 0.25) is 0 Å². The van der Waals surface area contributed by atoms with E-state index in [4.69, 9.17) is 9.47 Å². The van der Waals surface area contributed by atoms with E-state index in [2.05, 4.69) is 10.6 Å². The lowest BCUT2D eigenvalue weighted by Gasteiger charge is -2.55. The third kappa shape index (κ3) is 5.77. The monoisotopic (exact) mass is 470 g/mol. The zero-order valence-electron chi connectivity index (χ0n) is 19.8. The first-order valence-corrected chi connectivity index (χ1v) is 12.4. The second-order valence-electron chi connectivity index (χ2n) is 10.2. The molecule has 5 rings (SSSR count). The highest BCUT2D eigenvalue weighted by Crippen LogP contribution is 2.60. The fourth-order valence-electron chi connectivity index (χ4n) is 6.21. The molecule has 8 heteroatoms. The minimum absolute atomic E-state index is 0.0405. The minimum atomic E-state index is -0.640. The molecular weight excluding hydrogens is 436 g/mol. The van der Waals surface area contributed by atoms with Crippen molar-refractivity contribution < 1.29 is 28.7 Å². The van der Waals surface area contributed by atoms with Crippen LogP contribution in [0.3, 0.4) is 0 Å². The van der Waals surface area contributed by atoms with Crippen molar-refractivity contribution >= 4 is 29.4 Å². The molecule has 0 aromatic heterocycles. The Labute approximate surface area is 200 Å². The Hall–Kier alpha value is -2.90. The van der Waals surface area contributed by atoms with E-state index in [1.807, 2.05) is 6.92 Å². The first kappa shape index (κ1) is 24.2. The molecule has 4 aliphatic carbocycles. The van der Waals surface area contributed by atoms with Crippen LogP contribution in [0, 0.1) is 23.2 Å². The van der Waals surface area contributed by atoms with Crippen molar-refractivity contribution in [1.82, 2.24) is 5.32 Å². The van der Waals surface area contributed by atoms with Gasteiger partial charge in [-0.2, -0.15) is 0 Å². The van der Waals surface area contributed by atoms with Gasteiger partial charge in [-0.3, -0.25) is 14.4 Å². The second-order valence-corrected chi connectivity index (χ2v) is 10.2. The first-order chi connectivity index (χ1) is 16.4. The summed E-state index contributed by atoms with van der Waals surface area (Å²) in [4.78, 5) is 49.0. The summed E-state index contributed by atoms with van der Waals surface area (Å²) in [6.45, 7) is 1.71. The number of rotatable bonds is 10. The lowest BCUT2D eigenvalue weighted by molar-refractivity contribution is -0.152. The topological polar surface area (TPSA) is 111 Å². The summed E-state index contributed by atoms with van der Waals surface area (Å²) in [5.74, 6) is 0.352. The summed E-state index contributed by atoms with van der Waals surface area (Å²) in [6.07, 6.45) is 8.27. The number of benzene rings is 1. The number of ether oxygens (including phenoxy) is 2. The van der Waals surface area contributed by atoms with Crippen molar-refractivity contribution in [3.05, 3.63) is 29.8 Å². The molecule has 0 unspecified atom stereocenters. The summed E-state index contributed by atoms with van der Waals surface area (Å²) in [7, 11) is 0. The van der Waals surface area contributed by atoms with Crippen molar-refractivity contribution in [1.29, 1.82) is 0 Å². The van der Waals surface area contributed by atoms with Crippen LogP contribution < -0.4 is 10.6 Å². The van der Waals surface area contributed by atoms with Gasteiger partial charge in [-0.25, -0.2) is 4.79 Å². The Morgan fingerprint density at radius 3 is 2.15 bits per heavy atom. The van der Waals surface area contributed by atoms with Crippen LogP contribution in [0.1, 0.15) is 68.6 Å². The standard InChI is InChI=1S/C26H34N2O6/c1-2-3-8-33-24(31)20-4-6-21(7-5-20)28-22(29)16-34-23(30)15-27-25(32)26-12-17-9-18(13-26)11-19(10-17)14-26/h4-7,17-19H,2-3,8-16H2,1H3,(H,27,32)(H,28,29). The van der Waals surface area contributed by atoms with Crippen molar-refractivity contribution in [2.45, 2.75) is 58.3 Å². The van der Waals surface area contributed by atoms with E-state index in [9.17, 15) is 19.2 Å². The number of carbonyl (C=O) groups excluding carboxylic acids is 4. The molecule has 4 fully saturated rings. The van der Waals surface area contributed by atoms with E-state index in [1.54, 1.807) is 24.3 Å². The summed E-state index contributed by atoms with van der Waals surface area (Å²) in [5.41, 5.74) is 0.553. The van der Waals surface area contributed by atoms with Crippen molar-refractivity contribution in [2.75, 3.05) is 25.1 Å². The van der Waals surface area contributed by atoms with Crippen molar-refractivity contribution in [3.63, 3.8) is 0 Å². The van der Waals surface area contributed by atoms with E-state index in [-0.39, 0.29) is 17.9 Å². The predicted molar refractivity (Wildman–Crippen MR) is 125 cm³/mol. The lowest BCUT2D eigenvalue weighted by Crippen LogP contribution is -2.54. The number of carbonyl (C=O) groups is 4. The SMILES string of the molecule is CCCCOC(=O)c1ccc(NC(=O)COC(=O)CNC(=O)C23CC4CC(CC(C4)C2)C3)cc1. The second kappa shape index (κ2) is 10.6. The number of esters is 2. The normalized spacial score (nSPS) is 26.6. The number of hydrogen-bond acceptors (Lipinski definition) is 6. The fourth-order valence-corrected chi connectivity index (χ4v) is 6.21. The average molecular weight is 471 g/mol. The molecule has 2 N–H and O–H groups in total. The molecule has 0 spiro atoms. The van der Waals surface area contributed by atoms with Crippen LogP contribution >= 0.6 is 0 Å². The molecule has 0 aliphatic heterocycles. The quantitative estimate of drug-likeness (QED) is 0.400. The molecule has 0 saturated heterocycles. The zero-order valence-corrected chi connectivity index (χ0v) is 19.8. The summed E-state index contributed by atoms with van der Waals surface area (Å²) < 4.78 is 10.2. The van der Waals surface area contributed by atoms with E-state index in [0.717, 1.165) is 32.1 Å². The van der Waals surface area contributed by atoms with Gasteiger partial charge < -0.3 is 20.1 Å². The molecule has 0 atom stereocenters. The van der Waals surface area contributed by atoms with Gasteiger partial charge >= 0.3 is 11.9 Å². The minimum Gasteiger partial charge on any atom is -0.462 e. The Bertz CT molecular complexity index is 890. The van der Waals surface area contributed by atoms with Gasteiger partial charge in [0.25, 0.3) is 5.91 Å². The van der Waals surface area contributed by atoms with Gasteiger partial charge in [0.05, 0.1) is 12.2 Å². The van der Waals surface area contributed by atoms with Gasteiger partial charge in [-0.15, -0.1) is 0 Å². The Balaban J connectivity index is 1.16. The smallest absolute Gasteiger partial charge is 0.338 e. The van der Waals surface area contributed by atoms with Gasteiger partial charge in [-0.05, 0) is 87.0 Å². The molecule has 2 amide bonds. The van der Waals surface area contributed by atoms with E-state index in [0.29, 0.717) is 35.6 Å². The van der Waals surface area contributed by atoms with Gasteiger partial charge in [0, 0.05) is 11.1 Å². The van der Waals surface area contributed by atoms with Gasteiger partial charge in [-0.1, -0.05) is 13.3 Å². The van der Waals surface area contributed by atoms with Crippen LogP contribution in [-0.4, -0.2) is 43.5 Å². The molecule has 8 nitrogen and oxygen atoms in total. The van der Waals surface area contributed by atoms with Crippen LogP contribution in [0.4, 0.5) is 5.69 Å². The molecule has 0 heterocycles. The predicted octanol–water partition coefficient (Wildman–Crippen LogP) is 3.46. The summed E-state index contributed by atoms with van der Waals surface area (Å²) in [6, 6.07) is 6.30. The molecule has 0 radical (unpaired) electrons. The third-order valence-corrected chi connectivity index (χ3v) is 7.41.